The van der Waals surface area contributed by atoms with E-state index in [1.165, 1.54) is 0 Å². The molecule has 2 saturated heterocycles. The average molecular weight is 213 g/mol. The second-order valence-corrected chi connectivity index (χ2v) is 4.59. The number of morpholine rings is 1. The molecular formula is C10H19N3O2. The maximum absolute atomic E-state index is 11.0. The van der Waals surface area contributed by atoms with Gasteiger partial charge in [-0.3, -0.25) is 0 Å². The summed E-state index contributed by atoms with van der Waals surface area (Å²) in [7, 11) is 2.12. The lowest BCUT2D eigenvalue weighted by atomic mass is 9.89. The maximum Gasteiger partial charge on any atom is 0.314 e. The van der Waals surface area contributed by atoms with Crippen LogP contribution in [0.25, 0.3) is 0 Å². The van der Waals surface area contributed by atoms with Crippen LogP contribution >= 0.6 is 0 Å². The first-order valence-corrected chi connectivity index (χ1v) is 5.48. The Balaban J connectivity index is 1.93. The van der Waals surface area contributed by atoms with E-state index in [2.05, 4.69) is 11.9 Å². The van der Waals surface area contributed by atoms with Gasteiger partial charge in [-0.1, -0.05) is 0 Å². The standard InChI is InChI=1S/C10H19N3O2/c1-12-6-7-15-10(8-12)2-4-13(5-3-10)9(11)14/h2-8H2,1H3,(H2,11,14). The predicted octanol–water partition coefficient (Wildman–Crippen LogP) is -0.138. The number of rotatable bonds is 0. The van der Waals surface area contributed by atoms with Gasteiger partial charge in [0.15, 0.2) is 0 Å². The van der Waals surface area contributed by atoms with Crippen molar-refractivity contribution in [3.63, 3.8) is 0 Å². The molecule has 2 amide bonds. The number of urea groups is 1. The zero-order valence-corrected chi connectivity index (χ0v) is 9.24. The van der Waals surface area contributed by atoms with Gasteiger partial charge in [-0.15, -0.1) is 0 Å². The number of amides is 2. The summed E-state index contributed by atoms with van der Waals surface area (Å²) >= 11 is 0. The van der Waals surface area contributed by atoms with E-state index in [0.717, 1.165) is 45.6 Å². The van der Waals surface area contributed by atoms with E-state index in [1.54, 1.807) is 4.90 Å². The Hall–Kier alpha value is -0.810. The first-order valence-electron chi connectivity index (χ1n) is 5.48. The molecule has 2 fully saturated rings. The Bertz CT molecular complexity index is 249. The van der Waals surface area contributed by atoms with Crippen molar-refractivity contribution in [3.8, 4) is 0 Å². The number of hydrogen-bond donors (Lipinski definition) is 1. The van der Waals surface area contributed by atoms with Crippen LogP contribution in [0.2, 0.25) is 0 Å². The van der Waals surface area contributed by atoms with E-state index in [4.69, 9.17) is 10.5 Å². The van der Waals surface area contributed by atoms with Crippen LogP contribution in [-0.4, -0.2) is 61.3 Å². The van der Waals surface area contributed by atoms with Crippen LogP contribution < -0.4 is 5.73 Å². The molecule has 2 rings (SSSR count). The molecule has 86 valence electrons. The van der Waals surface area contributed by atoms with Crippen LogP contribution in [0.15, 0.2) is 0 Å². The van der Waals surface area contributed by atoms with Gasteiger partial charge in [-0.2, -0.15) is 0 Å². The molecule has 15 heavy (non-hydrogen) atoms. The number of piperidine rings is 1. The lowest BCUT2D eigenvalue weighted by Crippen LogP contribution is -2.57. The zero-order chi connectivity index (χ0) is 10.9. The number of nitrogens with zero attached hydrogens (tertiary/aromatic N) is 2. The molecule has 5 nitrogen and oxygen atoms in total. The number of hydrogen-bond acceptors (Lipinski definition) is 3. The summed E-state index contributed by atoms with van der Waals surface area (Å²) in [5, 5.41) is 0. The number of carbonyl (C=O) groups excluding carboxylic acids is 1. The normalized spacial score (nSPS) is 26.9. The highest BCUT2D eigenvalue weighted by Gasteiger charge is 2.39. The number of nitrogens with two attached hydrogens (primary N) is 1. The van der Waals surface area contributed by atoms with Crippen molar-refractivity contribution in [1.29, 1.82) is 0 Å². The van der Waals surface area contributed by atoms with Crippen molar-refractivity contribution >= 4 is 6.03 Å². The van der Waals surface area contributed by atoms with Crippen molar-refractivity contribution in [2.24, 2.45) is 5.73 Å². The van der Waals surface area contributed by atoms with E-state index in [1.807, 2.05) is 0 Å². The fourth-order valence-electron chi connectivity index (χ4n) is 2.47. The SMILES string of the molecule is CN1CCOC2(CCN(C(N)=O)CC2)C1. The second kappa shape index (κ2) is 3.98. The van der Waals surface area contributed by atoms with Crippen LogP contribution in [0.3, 0.4) is 0 Å². The summed E-state index contributed by atoms with van der Waals surface area (Å²) < 4.78 is 5.88. The number of likely N-dealkylation sites (tertiary alicyclic amines) is 1. The molecule has 5 heteroatoms. The fraction of sp³-hybridized carbons (Fsp3) is 0.900. The van der Waals surface area contributed by atoms with E-state index in [-0.39, 0.29) is 11.6 Å². The molecule has 0 radical (unpaired) electrons. The molecule has 0 saturated carbocycles. The number of carbonyl (C=O) groups is 1. The summed E-state index contributed by atoms with van der Waals surface area (Å²) in [6.07, 6.45) is 1.81. The highest BCUT2D eigenvalue weighted by atomic mass is 16.5. The molecule has 0 aliphatic carbocycles. The second-order valence-electron chi connectivity index (χ2n) is 4.59. The van der Waals surface area contributed by atoms with Gasteiger partial charge in [0.1, 0.15) is 0 Å². The molecule has 2 N–H and O–H groups in total. The minimum absolute atomic E-state index is 0.0288. The Kier molecular flexibility index (Phi) is 2.84. The molecular weight excluding hydrogens is 194 g/mol. The van der Waals surface area contributed by atoms with Gasteiger partial charge >= 0.3 is 6.03 Å². The van der Waals surface area contributed by atoms with Crippen molar-refractivity contribution in [2.75, 3.05) is 39.8 Å². The molecule has 0 aromatic heterocycles. The van der Waals surface area contributed by atoms with E-state index >= 15 is 0 Å². The van der Waals surface area contributed by atoms with E-state index in [9.17, 15) is 4.79 Å². The summed E-state index contributed by atoms with van der Waals surface area (Å²) in [5.41, 5.74) is 5.22. The monoisotopic (exact) mass is 213 g/mol. The molecule has 0 atom stereocenters. The quantitative estimate of drug-likeness (QED) is 0.609. The maximum atomic E-state index is 11.0. The van der Waals surface area contributed by atoms with Gasteiger partial charge < -0.3 is 20.3 Å². The number of primary amides is 1. The van der Waals surface area contributed by atoms with Crippen LogP contribution in [-0.2, 0) is 4.74 Å². The lowest BCUT2D eigenvalue weighted by molar-refractivity contribution is -0.126. The summed E-state index contributed by atoms with van der Waals surface area (Å²) in [6.45, 7) is 4.22. The van der Waals surface area contributed by atoms with Gasteiger partial charge in [0.25, 0.3) is 0 Å². The van der Waals surface area contributed by atoms with E-state index in [0.29, 0.717) is 0 Å². The summed E-state index contributed by atoms with van der Waals surface area (Å²) in [6, 6.07) is -0.311. The zero-order valence-electron chi connectivity index (χ0n) is 9.24. The van der Waals surface area contributed by atoms with Crippen LogP contribution in [0.4, 0.5) is 4.79 Å². The highest BCUT2D eigenvalue weighted by Crippen LogP contribution is 2.29. The minimum Gasteiger partial charge on any atom is -0.372 e. The molecule has 0 aromatic rings. The van der Waals surface area contributed by atoms with Crippen molar-refractivity contribution in [3.05, 3.63) is 0 Å². The van der Waals surface area contributed by atoms with Crippen molar-refractivity contribution in [2.45, 2.75) is 18.4 Å². The fourth-order valence-corrected chi connectivity index (χ4v) is 2.47. The molecule has 0 aromatic carbocycles. The molecule has 0 unspecified atom stereocenters. The summed E-state index contributed by atoms with van der Waals surface area (Å²) in [4.78, 5) is 15.0. The minimum atomic E-state index is -0.311. The largest absolute Gasteiger partial charge is 0.372 e. The predicted molar refractivity (Wildman–Crippen MR) is 56.6 cm³/mol. The molecule has 2 aliphatic heterocycles. The highest BCUT2D eigenvalue weighted by molar-refractivity contribution is 5.72. The van der Waals surface area contributed by atoms with Gasteiger partial charge in [0.05, 0.1) is 12.2 Å². The lowest BCUT2D eigenvalue weighted by Gasteiger charge is -2.46. The third kappa shape index (κ3) is 2.23. The molecule has 0 bridgehead atoms. The molecule has 2 heterocycles. The summed E-state index contributed by atoms with van der Waals surface area (Å²) in [5.74, 6) is 0. The average Bonchev–Trinajstić information content (AvgIpc) is 2.18. The third-order valence-electron chi connectivity index (χ3n) is 3.43. The Morgan fingerprint density at radius 2 is 2.00 bits per heavy atom. The first-order chi connectivity index (χ1) is 7.11. The van der Waals surface area contributed by atoms with Gasteiger partial charge in [-0.05, 0) is 19.9 Å². The van der Waals surface area contributed by atoms with Gasteiger partial charge in [0, 0.05) is 26.2 Å². The van der Waals surface area contributed by atoms with Crippen LogP contribution in [0.5, 0.6) is 0 Å². The Labute approximate surface area is 90.1 Å². The van der Waals surface area contributed by atoms with Crippen molar-refractivity contribution in [1.82, 2.24) is 9.80 Å². The number of likely N-dealkylation sites (N-methyl/N-ethyl adjacent to an activating group) is 1. The van der Waals surface area contributed by atoms with Gasteiger partial charge in [0.2, 0.25) is 0 Å². The van der Waals surface area contributed by atoms with Crippen LogP contribution in [0.1, 0.15) is 12.8 Å². The van der Waals surface area contributed by atoms with Gasteiger partial charge in [-0.25, -0.2) is 4.79 Å². The van der Waals surface area contributed by atoms with Crippen molar-refractivity contribution < 1.29 is 9.53 Å². The Morgan fingerprint density at radius 3 is 2.53 bits per heavy atom. The Morgan fingerprint density at radius 1 is 1.33 bits per heavy atom. The topological polar surface area (TPSA) is 58.8 Å². The first kappa shape index (κ1) is 10.7. The smallest absolute Gasteiger partial charge is 0.314 e. The van der Waals surface area contributed by atoms with E-state index < -0.39 is 0 Å². The third-order valence-corrected chi connectivity index (χ3v) is 3.43. The molecule has 2 aliphatic rings. The number of ether oxygens (including phenoxy) is 1. The van der Waals surface area contributed by atoms with Crippen LogP contribution in [0, 0.1) is 0 Å². The molecule has 1 spiro atoms.